The third-order valence-corrected chi connectivity index (χ3v) is 11.2. The van der Waals surface area contributed by atoms with E-state index >= 15 is 0 Å². The van der Waals surface area contributed by atoms with E-state index in [0.29, 0.717) is 28.0 Å². The molecule has 4 aliphatic rings. The van der Waals surface area contributed by atoms with E-state index in [1.807, 2.05) is 0 Å². The zero-order valence-corrected chi connectivity index (χ0v) is 31.1. The van der Waals surface area contributed by atoms with Crippen molar-refractivity contribution in [3.05, 3.63) is 116 Å². The van der Waals surface area contributed by atoms with E-state index in [2.05, 4.69) is 4.90 Å². The number of hydrogen-bond donors (Lipinski definition) is 2. The van der Waals surface area contributed by atoms with Crippen LogP contribution < -0.4 is 19.1 Å². The number of carboxylic acids is 1. The number of piperidine rings is 3. The highest BCUT2D eigenvalue weighted by Gasteiger charge is 2.38. The quantitative estimate of drug-likeness (QED) is 0.0960. The van der Waals surface area contributed by atoms with Gasteiger partial charge in [-0.15, -0.1) is 0 Å². The summed E-state index contributed by atoms with van der Waals surface area (Å²) in [7, 11) is 0. The first-order chi connectivity index (χ1) is 26.4. The number of alkyl halides is 2. The van der Waals surface area contributed by atoms with Gasteiger partial charge in [-0.25, -0.2) is 9.59 Å². The number of phenolic OH excluding ortho intramolecular Hbond substituents is 1. The fourth-order valence-corrected chi connectivity index (χ4v) is 8.03. The standard InChI is InChI=1S/C40H39Cl2F2N3O8/c41-31-19-46(52)20-32(42)30(31)17-28(26-8-10-35(54-39(43)44)36(16-26)53-22-23-5-6-23)29-15-24(7-9-27(29)38(49)50)18-47(33-3-1-2-4-34(33)48)40(51)55-37-21-45-13-11-25(37)12-14-45/h1-4,7-10,15-16,19-20,23,25,28,37,39,48H,5-6,11-14,17-18,21-22H2,(H,49,50)/t28-,37-/m0/s1. The molecule has 3 aliphatic heterocycles. The molecule has 11 nitrogen and oxygen atoms in total. The second-order valence-corrected chi connectivity index (χ2v) is 15.1. The predicted octanol–water partition coefficient (Wildman–Crippen LogP) is 8.03. The van der Waals surface area contributed by atoms with Gasteiger partial charge < -0.3 is 29.6 Å². The Morgan fingerprint density at radius 3 is 2.35 bits per heavy atom. The number of pyridine rings is 1. The van der Waals surface area contributed by atoms with Gasteiger partial charge in [0.2, 0.25) is 0 Å². The molecular weight excluding hydrogens is 759 g/mol. The van der Waals surface area contributed by atoms with E-state index in [4.69, 9.17) is 37.4 Å². The fraction of sp³-hybridized carbons (Fsp3) is 0.375. The number of anilines is 1. The first-order valence-corrected chi connectivity index (χ1v) is 18.8. The molecule has 1 saturated carbocycles. The van der Waals surface area contributed by atoms with Gasteiger partial charge in [-0.05, 0) is 104 Å². The van der Waals surface area contributed by atoms with E-state index < -0.39 is 24.6 Å². The first-order valence-electron chi connectivity index (χ1n) is 18.1. The van der Waals surface area contributed by atoms with Crippen LogP contribution >= 0.6 is 23.2 Å². The molecule has 55 heavy (non-hydrogen) atoms. The van der Waals surface area contributed by atoms with E-state index in [1.165, 1.54) is 35.2 Å². The molecule has 0 radical (unpaired) electrons. The van der Waals surface area contributed by atoms with Gasteiger partial charge in [0.1, 0.15) is 21.9 Å². The molecule has 3 saturated heterocycles. The number of carboxylic acid groups (broad SMARTS) is 1. The number of aromatic nitrogens is 1. The zero-order chi connectivity index (χ0) is 38.8. The lowest BCUT2D eigenvalue weighted by Gasteiger charge is -2.44. The summed E-state index contributed by atoms with van der Waals surface area (Å²) in [6, 6.07) is 15.4. The second kappa shape index (κ2) is 16.5. The number of benzene rings is 3. The number of carbonyl (C=O) groups is 2. The van der Waals surface area contributed by atoms with Gasteiger partial charge in [0.25, 0.3) is 0 Å². The van der Waals surface area contributed by atoms with Crippen molar-refractivity contribution in [2.24, 2.45) is 11.8 Å². The number of halogens is 4. The number of aromatic hydroxyl groups is 1. The van der Waals surface area contributed by atoms with E-state index in [9.17, 15) is 33.8 Å². The number of rotatable bonds is 14. The molecule has 8 rings (SSSR count). The molecule has 0 unspecified atom stereocenters. The van der Waals surface area contributed by atoms with Crippen molar-refractivity contribution in [3.63, 3.8) is 0 Å². The Morgan fingerprint density at radius 1 is 0.982 bits per heavy atom. The average Bonchev–Trinajstić information content (AvgIpc) is 3.98. The maximum absolute atomic E-state index is 14.0. The van der Waals surface area contributed by atoms with Crippen LogP contribution in [0.2, 0.25) is 10.0 Å². The Labute approximate surface area is 326 Å². The molecule has 15 heteroatoms. The third kappa shape index (κ3) is 9.01. The molecule has 4 heterocycles. The van der Waals surface area contributed by atoms with Crippen molar-refractivity contribution in [1.82, 2.24) is 4.90 Å². The minimum atomic E-state index is -3.12. The van der Waals surface area contributed by atoms with Crippen LogP contribution in [0.3, 0.4) is 0 Å². The van der Waals surface area contributed by atoms with Gasteiger partial charge in [0, 0.05) is 18.0 Å². The Hall–Kier alpha value is -4.85. The number of nitrogens with zero attached hydrogens (tertiary/aromatic N) is 3. The number of fused-ring (bicyclic) bond motifs is 3. The van der Waals surface area contributed by atoms with E-state index in [-0.39, 0.29) is 81.6 Å². The Balaban J connectivity index is 1.30. The molecule has 2 bridgehead atoms. The van der Waals surface area contributed by atoms with Crippen LogP contribution in [0, 0.1) is 17.0 Å². The summed E-state index contributed by atoms with van der Waals surface area (Å²) in [5.74, 6) is -1.89. The minimum Gasteiger partial charge on any atom is -0.619 e. The fourth-order valence-electron chi connectivity index (χ4n) is 7.43. The van der Waals surface area contributed by atoms with Gasteiger partial charge >= 0.3 is 18.7 Å². The van der Waals surface area contributed by atoms with Crippen molar-refractivity contribution in [2.75, 3.05) is 31.1 Å². The van der Waals surface area contributed by atoms with Crippen molar-refractivity contribution in [2.45, 2.75) is 57.3 Å². The number of para-hydroxylation sites is 2. The molecule has 3 aromatic carbocycles. The summed E-state index contributed by atoms with van der Waals surface area (Å²) < 4.78 is 44.2. The summed E-state index contributed by atoms with van der Waals surface area (Å²) in [6.07, 6.45) is 4.97. The maximum atomic E-state index is 14.0. The van der Waals surface area contributed by atoms with Crippen molar-refractivity contribution < 1.29 is 47.5 Å². The maximum Gasteiger partial charge on any atom is 0.415 e. The second-order valence-electron chi connectivity index (χ2n) is 14.3. The Kier molecular flexibility index (Phi) is 11.5. The topological polar surface area (TPSA) is 136 Å². The van der Waals surface area contributed by atoms with Gasteiger partial charge in [-0.3, -0.25) is 9.80 Å². The van der Waals surface area contributed by atoms with Crippen LogP contribution in [0.15, 0.2) is 73.1 Å². The number of carbonyl (C=O) groups excluding carboxylic acids is 1. The highest BCUT2D eigenvalue weighted by molar-refractivity contribution is 6.35. The molecular formula is C40H39Cl2F2N3O8. The lowest BCUT2D eigenvalue weighted by atomic mass is 9.82. The lowest BCUT2D eigenvalue weighted by molar-refractivity contribution is -0.605. The van der Waals surface area contributed by atoms with Crippen LogP contribution in [0.25, 0.3) is 0 Å². The van der Waals surface area contributed by atoms with Crippen LogP contribution in [-0.2, 0) is 17.7 Å². The number of hydrogen-bond acceptors (Lipinski definition) is 8. The molecule has 0 spiro atoms. The summed E-state index contributed by atoms with van der Waals surface area (Å²) in [4.78, 5) is 30.4. The first kappa shape index (κ1) is 38.4. The third-order valence-electron chi connectivity index (χ3n) is 10.5. The Morgan fingerprint density at radius 2 is 1.71 bits per heavy atom. The smallest absolute Gasteiger partial charge is 0.415 e. The van der Waals surface area contributed by atoms with Crippen LogP contribution in [0.4, 0.5) is 19.3 Å². The largest absolute Gasteiger partial charge is 0.619 e. The molecule has 2 N–H and O–H groups in total. The summed E-state index contributed by atoms with van der Waals surface area (Å²) >= 11 is 13.1. The van der Waals surface area contributed by atoms with Crippen molar-refractivity contribution in [3.8, 4) is 17.2 Å². The molecule has 1 aliphatic carbocycles. The monoisotopic (exact) mass is 797 g/mol. The number of aromatic carboxylic acids is 1. The number of amides is 1. The van der Waals surface area contributed by atoms with Gasteiger partial charge in [0.15, 0.2) is 23.9 Å². The lowest BCUT2D eigenvalue weighted by Crippen LogP contribution is -2.53. The van der Waals surface area contributed by atoms with Gasteiger partial charge in [-0.2, -0.15) is 13.5 Å². The summed E-state index contributed by atoms with van der Waals surface area (Å²) in [6.45, 7) is -0.430. The number of phenols is 1. The molecule has 290 valence electrons. The molecule has 1 aromatic heterocycles. The Bertz CT molecular complexity index is 2040. The van der Waals surface area contributed by atoms with E-state index in [0.717, 1.165) is 51.2 Å². The average molecular weight is 799 g/mol. The number of ether oxygens (including phenoxy) is 3. The molecule has 4 aromatic rings. The van der Waals surface area contributed by atoms with Crippen LogP contribution in [0.5, 0.6) is 17.2 Å². The predicted molar refractivity (Wildman–Crippen MR) is 199 cm³/mol. The normalized spacial score (nSPS) is 19.5. The van der Waals surface area contributed by atoms with Crippen molar-refractivity contribution >= 4 is 41.0 Å². The van der Waals surface area contributed by atoms with E-state index in [1.54, 1.807) is 30.3 Å². The minimum absolute atomic E-state index is 0.0237. The highest BCUT2D eigenvalue weighted by Crippen LogP contribution is 2.41. The van der Waals surface area contributed by atoms with Crippen LogP contribution in [-0.4, -0.2) is 66.1 Å². The molecule has 2 atom stereocenters. The van der Waals surface area contributed by atoms with Crippen LogP contribution in [0.1, 0.15) is 64.2 Å². The molecule has 4 fully saturated rings. The molecule has 1 amide bonds. The summed E-state index contributed by atoms with van der Waals surface area (Å²) in [5, 5.41) is 33.6. The zero-order valence-electron chi connectivity index (χ0n) is 29.6. The van der Waals surface area contributed by atoms with Gasteiger partial charge in [-0.1, -0.05) is 53.5 Å². The SMILES string of the molecule is O=C(O)c1ccc(CN(C(=O)O[C@H]2CN3CCC2CC3)c2ccccc2O)cc1[C@@H](Cc1c(Cl)c[n+]([O-])cc1Cl)c1ccc(OC(F)F)c(OCC2CC2)c1. The van der Waals surface area contributed by atoms with Gasteiger partial charge in [0.05, 0.1) is 24.4 Å². The summed E-state index contributed by atoms with van der Waals surface area (Å²) in [5.41, 5.74) is 1.67. The highest BCUT2D eigenvalue weighted by atomic mass is 35.5. The van der Waals surface area contributed by atoms with Crippen molar-refractivity contribution in [1.29, 1.82) is 0 Å².